The van der Waals surface area contributed by atoms with Crippen molar-refractivity contribution in [1.29, 1.82) is 5.26 Å². The van der Waals surface area contributed by atoms with E-state index in [-0.39, 0.29) is 5.41 Å². The van der Waals surface area contributed by atoms with Crippen LogP contribution in [0.4, 0.5) is 11.4 Å². The van der Waals surface area contributed by atoms with Gasteiger partial charge in [-0.25, -0.2) is 0 Å². The van der Waals surface area contributed by atoms with Crippen molar-refractivity contribution in [1.82, 2.24) is 0 Å². The number of nitriles is 1. The molecule has 0 amide bonds. The Hall–Kier alpha value is -2.60. The van der Waals surface area contributed by atoms with Crippen LogP contribution >= 0.6 is 0 Å². The molecule has 0 saturated carbocycles. The Labute approximate surface area is 130 Å². The average molecular weight is 287 g/mol. The van der Waals surface area contributed by atoms with E-state index in [2.05, 4.69) is 42.2 Å². The molecule has 1 saturated heterocycles. The third-order valence-electron chi connectivity index (χ3n) is 5.03. The molecule has 2 aliphatic heterocycles. The Kier molecular flexibility index (Phi) is 2.80. The van der Waals surface area contributed by atoms with Crippen molar-refractivity contribution in [2.45, 2.75) is 18.8 Å². The number of rotatable bonds is 1. The predicted octanol–water partition coefficient (Wildman–Crippen LogP) is 3.81. The molecule has 3 heteroatoms. The van der Waals surface area contributed by atoms with E-state index in [4.69, 9.17) is 10.3 Å². The summed E-state index contributed by atoms with van der Waals surface area (Å²) in [5.41, 5.74) is 5.68. The van der Waals surface area contributed by atoms with Crippen molar-refractivity contribution in [2.75, 3.05) is 18.0 Å². The van der Waals surface area contributed by atoms with Crippen molar-refractivity contribution in [3.05, 3.63) is 59.7 Å². The molecule has 0 N–H and O–H groups in total. The van der Waals surface area contributed by atoms with Gasteiger partial charge in [-0.05, 0) is 49.2 Å². The molecular weight excluding hydrogens is 270 g/mol. The van der Waals surface area contributed by atoms with E-state index in [0.717, 1.165) is 25.2 Å². The minimum atomic E-state index is 0.0600. The first-order valence-electron chi connectivity index (χ1n) is 7.63. The number of hydrogen-bond acceptors (Lipinski definition) is 3. The van der Waals surface area contributed by atoms with Crippen LogP contribution < -0.4 is 4.90 Å². The zero-order chi connectivity index (χ0) is 15.2. The van der Waals surface area contributed by atoms with Gasteiger partial charge >= 0.3 is 0 Å². The van der Waals surface area contributed by atoms with Gasteiger partial charge in [-0.3, -0.25) is 4.99 Å². The van der Waals surface area contributed by atoms with Crippen LogP contribution in [0.5, 0.6) is 0 Å². The molecule has 2 aromatic carbocycles. The molecule has 1 spiro atoms. The number of benzene rings is 2. The van der Waals surface area contributed by atoms with Crippen molar-refractivity contribution in [3.63, 3.8) is 0 Å². The van der Waals surface area contributed by atoms with Crippen LogP contribution in [0.25, 0.3) is 0 Å². The zero-order valence-electron chi connectivity index (χ0n) is 12.6. The van der Waals surface area contributed by atoms with Gasteiger partial charge in [-0.1, -0.05) is 18.2 Å². The highest BCUT2D eigenvalue weighted by Gasteiger charge is 2.46. The second kappa shape index (κ2) is 4.71. The van der Waals surface area contributed by atoms with E-state index in [1.807, 2.05) is 24.3 Å². The normalized spacial score (nSPS) is 22.5. The minimum Gasteiger partial charge on any atom is -0.370 e. The Morgan fingerprint density at radius 1 is 1.14 bits per heavy atom. The van der Waals surface area contributed by atoms with E-state index < -0.39 is 0 Å². The number of hydrogen-bond donors (Lipinski definition) is 0. The smallest absolute Gasteiger partial charge is 0.0991 e. The van der Waals surface area contributed by atoms with Gasteiger partial charge in [0, 0.05) is 24.5 Å². The predicted molar refractivity (Wildman–Crippen MR) is 88.9 cm³/mol. The molecule has 4 rings (SSSR count). The lowest BCUT2D eigenvalue weighted by Gasteiger charge is -2.27. The largest absolute Gasteiger partial charge is 0.370 e. The van der Waals surface area contributed by atoms with Crippen LogP contribution in [-0.4, -0.2) is 18.8 Å². The maximum Gasteiger partial charge on any atom is 0.0991 e. The van der Waals surface area contributed by atoms with E-state index in [0.29, 0.717) is 5.56 Å². The molecule has 108 valence electrons. The Bertz CT molecular complexity index is 798. The van der Waals surface area contributed by atoms with Crippen molar-refractivity contribution >= 4 is 17.1 Å². The number of para-hydroxylation sites is 1. The number of anilines is 1. The van der Waals surface area contributed by atoms with Crippen molar-refractivity contribution in [3.8, 4) is 6.07 Å². The summed E-state index contributed by atoms with van der Waals surface area (Å²) in [7, 11) is 0. The molecule has 2 aliphatic rings. The number of aliphatic imine (C=N–C) groups is 1. The van der Waals surface area contributed by atoms with Crippen LogP contribution in [0.2, 0.25) is 0 Å². The monoisotopic (exact) mass is 287 g/mol. The van der Waals surface area contributed by atoms with Crippen molar-refractivity contribution in [2.24, 2.45) is 4.99 Å². The fourth-order valence-electron chi connectivity index (χ4n) is 3.75. The highest BCUT2D eigenvalue weighted by molar-refractivity contribution is 6.01. The van der Waals surface area contributed by atoms with Crippen LogP contribution in [0.3, 0.4) is 0 Å². The topological polar surface area (TPSA) is 39.4 Å². The summed E-state index contributed by atoms with van der Waals surface area (Å²) in [5.74, 6) is 0. The molecule has 1 unspecified atom stereocenters. The zero-order valence-corrected chi connectivity index (χ0v) is 12.6. The first-order valence-corrected chi connectivity index (χ1v) is 7.63. The van der Waals surface area contributed by atoms with Gasteiger partial charge in [-0.2, -0.15) is 5.26 Å². The summed E-state index contributed by atoms with van der Waals surface area (Å²) in [6, 6.07) is 18.6. The fraction of sp³-hybridized carbons (Fsp3) is 0.263. The second-order valence-electron chi connectivity index (χ2n) is 6.13. The molecule has 0 bridgehead atoms. The molecule has 2 aromatic rings. The molecular formula is C19H17N3. The quantitative estimate of drug-likeness (QED) is 0.800. The Morgan fingerprint density at radius 2 is 1.91 bits per heavy atom. The van der Waals surface area contributed by atoms with Gasteiger partial charge < -0.3 is 4.90 Å². The molecule has 0 radical (unpaired) electrons. The molecule has 0 aromatic heterocycles. The highest BCUT2D eigenvalue weighted by Crippen LogP contribution is 2.46. The highest BCUT2D eigenvalue weighted by atomic mass is 15.2. The van der Waals surface area contributed by atoms with Crippen LogP contribution in [0.1, 0.15) is 24.5 Å². The molecule has 22 heavy (non-hydrogen) atoms. The summed E-state index contributed by atoms with van der Waals surface area (Å²) in [4.78, 5) is 7.19. The first-order chi connectivity index (χ1) is 10.7. The van der Waals surface area contributed by atoms with Gasteiger partial charge in [0.25, 0.3) is 0 Å². The first kappa shape index (κ1) is 13.1. The number of fused-ring (bicyclic) bond motifs is 2. The third-order valence-corrected chi connectivity index (χ3v) is 5.03. The van der Waals surface area contributed by atoms with Crippen LogP contribution in [-0.2, 0) is 5.41 Å². The third kappa shape index (κ3) is 1.77. The SMILES string of the molecule is CC1=Nc2ccccc2C12CCN(c1ccc(C#N)cc1)C2. The van der Waals surface area contributed by atoms with Crippen molar-refractivity contribution < 1.29 is 0 Å². The minimum absolute atomic E-state index is 0.0600. The molecule has 3 nitrogen and oxygen atoms in total. The lowest BCUT2D eigenvalue weighted by atomic mass is 9.77. The lowest BCUT2D eigenvalue weighted by Crippen LogP contribution is -2.35. The summed E-state index contributed by atoms with van der Waals surface area (Å²) in [5, 5.41) is 8.93. The number of nitrogens with zero attached hydrogens (tertiary/aromatic N) is 3. The Morgan fingerprint density at radius 3 is 2.68 bits per heavy atom. The van der Waals surface area contributed by atoms with E-state index in [1.54, 1.807) is 0 Å². The Balaban J connectivity index is 1.68. The average Bonchev–Trinajstić information content (AvgIpc) is 3.12. The van der Waals surface area contributed by atoms with Crippen LogP contribution in [0, 0.1) is 11.3 Å². The van der Waals surface area contributed by atoms with Gasteiger partial charge in [0.05, 0.1) is 22.7 Å². The molecule has 1 atom stereocenters. The maximum absolute atomic E-state index is 8.93. The van der Waals surface area contributed by atoms with Crippen LogP contribution in [0.15, 0.2) is 53.5 Å². The molecule has 2 heterocycles. The summed E-state index contributed by atoms with van der Waals surface area (Å²) >= 11 is 0. The van der Waals surface area contributed by atoms with Gasteiger partial charge in [0.1, 0.15) is 0 Å². The lowest BCUT2D eigenvalue weighted by molar-refractivity contribution is 0.657. The summed E-state index contributed by atoms with van der Waals surface area (Å²) in [6.45, 7) is 4.14. The van der Waals surface area contributed by atoms with E-state index >= 15 is 0 Å². The standard InChI is InChI=1S/C19H17N3/c1-14-19(17-4-2-3-5-18(17)21-14)10-11-22(13-19)16-8-6-15(12-20)7-9-16/h2-9H,10-11,13H2,1H3. The molecule has 0 aliphatic carbocycles. The van der Waals surface area contributed by atoms with Gasteiger partial charge in [0.2, 0.25) is 0 Å². The summed E-state index contributed by atoms with van der Waals surface area (Å²) < 4.78 is 0. The van der Waals surface area contributed by atoms with E-state index in [1.165, 1.54) is 17.0 Å². The summed E-state index contributed by atoms with van der Waals surface area (Å²) in [6.07, 6.45) is 1.10. The maximum atomic E-state index is 8.93. The fourth-order valence-corrected chi connectivity index (χ4v) is 3.75. The van der Waals surface area contributed by atoms with E-state index in [9.17, 15) is 0 Å². The van der Waals surface area contributed by atoms with Gasteiger partial charge in [0.15, 0.2) is 0 Å². The molecule has 1 fully saturated rings. The second-order valence-corrected chi connectivity index (χ2v) is 6.13. The van der Waals surface area contributed by atoms with Gasteiger partial charge in [-0.15, -0.1) is 0 Å².